The number of hydrogen-bond donors (Lipinski definition) is 2. The lowest BCUT2D eigenvalue weighted by Crippen LogP contribution is -2.55. The largest absolute Gasteiger partial charge is 0.382 e. The monoisotopic (exact) mass is 315 g/mol. The smallest absolute Gasteiger partial charge is 0.191 e. The molecule has 1 saturated heterocycles. The van der Waals surface area contributed by atoms with E-state index in [1.54, 1.807) is 14.2 Å². The Hall–Kier alpha value is -0.890. The van der Waals surface area contributed by atoms with Gasteiger partial charge in [-0.25, -0.2) is 0 Å². The first-order valence-electron chi connectivity index (χ1n) is 8.07. The van der Waals surface area contributed by atoms with Gasteiger partial charge in [0.2, 0.25) is 0 Å². The molecule has 1 aliphatic heterocycles. The molecule has 0 radical (unpaired) electrons. The molecule has 130 valence electrons. The van der Waals surface area contributed by atoms with Crippen LogP contribution in [0.15, 0.2) is 4.99 Å². The summed E-state index contributed by atoms with van der Waals surface area (Å²) in [6.07, 6.45) is 0.955. The summed E-state index contributed by atoms with van der Waals surface area (Å²) in [5.74, 6) is 0.860. The predicted octanol–water partition coefficient (Wildman–Crippen LogP) is -0.550. The van der Waals surface area contributed by atoms with Gasteiger partial charge in [0.25, 0.3) is 0 Å². The van der Waals surface area contributed by atoms with Gasteiger partial charge in [0.05, 0.1) is 13.2 Å². The van der Waals surface area contributed by atoms with Crippen LogP contribution in [0.5, 0.6) is 0 Å². The Labute approximate surface area is 135 Å². The molecule has 1 heterocycles. The van der Waals surface area contributed by atoms with Crippen LogP contribution < -0.4 is 10.6 Å². The summed E-state index contributed by atoms with van der Waals surface area (Å²) in [5, 5.41) is 6.73. The molecule has 0 bridgehead atoms. The standard InChI is InChI=1S/C15H33N5O2/c1-16-15(17-6-5-9-22-11-10-21-4)18-12-14-13-19(2)7-8-20(14)3/h14H,5-13H2,1-4H3,(H2,16,17,18). The van der Waals surface area contributed by atoms with Crippen LogP contribution in [0.2, 0.25) is 0 Å². The Kier molecular flexibility index (Phi) is 10.1. The van der Waals surface area contributed by atoms with E-state index in [-0.39, 0.29) is 0 Å². The first-order valence-corrected chi connectivity index (χ1v) is 8.07. The summed E-state index contributed by atoms with van der Waals surface area (Å²) in [7, 11) is 7.85. The van der Waals surface area contributed by atoms with Crippen LogP contribution in [0.1, 0.15) is 6.42 Å². The van der Waals surface area contributed by atoms with Crippen LogP contribution >= 0.6 is 0 Å². The number of rotatable bonds is 9. The van der Waals surface area contributed by atoms with Crippen molar-refractivity contribution in [2.75, 3.05) is 80.8 Å². The van der Waals surface area contributed by atoms with Crippen molar-refractivity contribution in [3.63, 3.8) is 0 Å². The van der Waals surface area contributed by atoms with Gasteiger partial charge in [-0.1, -0.05) is 0 Å². The molecule has 1 fully saturated rings. The Morgan fingerprint density at radius 3 is 2.73 bits per heavy atom. The molecule has 0 aromatic rings. The molecule has 1 rings (SSSR count). The van der Waals surface area contributed by atoms with E-state index < -0.39 is 0 Å². The number of piperazine rings is 1. The Bertz CT molecular complexity index is 314. The number of nitrogens with zero attached hydrogens (tertiary/aromatic N) is 3. The van der Waals surface area contributed by atoms with Crippen molar-refractivity contribution in [1.82, 2.24) is 20.4 Å². The fourth-order valence-electron chi connectivity index (χ4n) is 2.38. The lowest BCUT2D eigenvalue weighted by atomic mass is 10.2. The van der Waals surface area contributed by atoms with Crippen molar-refractivity contribution in [2.45, 2.75) is 12.5 Å². The number of guanidine groups is 1. The zero-order chi connectivity index (χ0) is 16.2. The first-order chi connectivity index (χ1) is 10.7. The van der Waals surface area contributed by atoms with Crippen LogP contribution in [0.3, 0.4) is 0 Å². The van der Waals surface area contributed by atoms with Gasteiger partial charge in [-0.15, -0.1) is 0 Å². The van der Waals surface area contributed by atoms with Gasteiger partial charge in [-0.2, -0.15) is 0 Å². The third-order valence-corrected chi connectivity index (χ3v) is 3.90. The van der Waals surface area contributed by atoms with Crippen molar-refractivity contribution in [3.05, 3.63) is 0 Å². The zero-order valence-electron chi connectivity index (χ0n) is 14.6. The Balaban J connectivity index is 2.11. The van der Waals surface area contributed by atoms with E-state index in [9.17, 15) is 0 Å². The molecule has 7 nitrogen and oxygen atoms in total. The number of nitrogens with one attached hydrogen (secondary N) is 2. The second-order valence-electron chi connectivity index (χ2n) is 5.74. The van der Waals surface area contributed by atoms with Crippen molar-refractivity contribution in [1.29, 1.82) is 0 Å². The molecular weight excluding hydrogens is 282 g/mol. The van der Waals surface area contributed by atoms with Crippen molar-refractivity contribution >= 4 is 5.96 Å². The van der Waals surface area contributed by atoms with E-state index in [0.717, 1.165) is 51.7 Å². The summed E-state index contributed by atoms with van der Waals surface area (Å²) in [6, 6.07) is 0.523. The first kappa shape index (κ1) is 19.2. The number of likely N-dealkylation sites (N-methyl/N-ethyl adjacent to an activating group) is 2. The minimum atomic E-state index is 0.523. The van der Waals surface area contributed by atoms with E-state index in [1.807, 2.05) is 0 Å². The van der Waals surface area contributed by atoms with Crippen LogP contribution in [-0.2, 0) is 9.47 Å². The number of methoxy groups -OCH3 is 1. The molecule has 2 N–H and O–H groups in total. The minimum Gasteiger partial charge on any atom is -0.382 e. The van der Waals surface area contributed by atoms with E-state index in [0.29, 0.717) is 19.3 Å². The molecule has 0 aromatic carbocycles. The quantitative estimate of drug-likeness (QED) is 0.338. The van der Waals surface area contributed by atoms with Gasteiger partial charge >= 0.3 is 0 Å². The highest BCUT2D eigenvalue weighted by molar-refractivity contribution is 5.79. The van der Waals surface area contributed by atoms with Crippen molar-refractivity contribution in [3.8, 4) is 0 Å². The van der Waals surface area contributed by atoms with E-state index in [2.05, 4.69) is 39.5 Å². The van der Waals surface area contributed by atoms with Crippen LogP contribution in [-0.4, -0.2) is 103 Å². The molecule has 0 amide bonds. The van der Waals surface area contributed by atoms with E-state index in [4.69, 9.17) is 9.47 Å². The van der Waals surface area contributed by atoms with E-state index in [1.165, 1.54) is 0 Å². The lowest BCUT2D eigenvalue weighted by Gasteiger charge is -2.37. The number of aliphatic imine (C=N–C) groups is 1. The van der Waals surface area contributed by atoms with Gasteiger partial charge < -0.3 is 25.0 Å². The lowest BCUT2D eigenvalue weighted by molar-refractivity contribution is 0.0698. The molecule has 0 aliphatic carbocycles. The minimum absolute atomic E-state index is 0.523. The van der Waals surface area contributed by atoms with Gasteiger partial charge in [0, 0.05) is 59.5 Å². The fraction of sp³-hybridized carbons (Fsp3) is 0.933. The topological polar surface area (TPSA) is 61.4 Å². The van der Waals surface area contributed by atoms with Gasteiger partial charge in [-0.3, -0.25) is 9.89 Å². The molecule has 1 unspecified atom stereocenters. The summed E-state index contributed by atoms with van der Waals surface area (Å²) >= 11 is 0. The second-order valence-corrected chi connectivity index (χ2v) is 5.74. The Morgan fingerprint density at radius 1 is 1.18 bits per heavy atom. The third-order valence-electron chi connectivity index (χ3n) is 3.90. The SMILES string of the molecule is CN=C(NCCCOCCOC)NCC1CN(C)CCN1C. The average molecular weight is 315 g/mol. The van der Waals surface area contributed by atoms with Crippen LogP contribution in [0, 0.1) is 0 Å². The molecule has 0 spiro atoms. The second kappa shape index (κ2) is 11.6. The highest BCUT2D eigenvalue weighted by Crippen LogP contribution is 2.04. The maximum absolute atomic E-state index is 5.43. The zero-order valence-corrected chi connectivity index (χ0v) is 14.6. The fourth-order valence-corrected chi connectivity index (χ4v) is 2.38. The molecule has 1 aliphatic rings. The van der Waals surface area contributed by atoms with Gasteiger partial charge in [0.1, 0.15) is 0 Å². The van der Waals surface area contributed by atoms with Crippen LogP contribution in [0.4, 0.5) is 0 Å². The molecule has 1 atom stereocenters. The summed E-state index contributed by atoms with van der Waals surface area (Å²) in [6.45, 7) is 7.16. The highest BCUT2D eigenvalue weighted by atomic mass is 16.5. The predicted molar refractivity (Wildman–Crippen MR) is 90.6 cm³/mol. The molecule has 0 saturated carbocycles. The number of hydrogen-bond acceptors (Lipinski definition) is 5. The summed E-state index contributed by atoms with van der Waals surface area (Å²) < 4.78 is 10.4. The normalized spacial score (nSPS) is 21.1. The Morgan fingerprint density at radius 2 is 2.00 bits per heavy atom. The molecule has 22 heavy (non-hydrogen) atoms. The summed E-state index contributed by atoms with van der Waals surface area (Å²) in [4.78, 5) is 9.05. The van der Waals surface area contributed by atoms with Gasteiger partial charge in [0.15, 0.2) is 5.96 Å². The van der Waals surface area contributed by atoms with Crippen molar-refractivity contribution < 1.29 is 9.47 Å². The van der Waals surface area contributed by atoms with Gasteiger partial charge in [-0.05, 0) is 20.5 Å². The molecular formula is C15H33N5O2. The molecule has 7 heteroatoms. The maximum Gasteiger partial charge on any atom is 0.191 e. The highest BCUT2D eigenvalue weighted by Gasteiger charge is 2.21. The number of ether oxygens (including phenoxy) is 2. The molecule has 0 aromatic heterocycles. The maximum atomic E-state index is 5.43. The third kappa shape index (κ3) is 7.93. The van der Waals surface area contributed by atoms with Crippen LogP contribution in [0.25, 0.3) is 0 Å². The van der Waals surface area contributed by atoms with Crippen molar-refractivity contribution in [2.24, 2.45) is 4.99 Å². The summed E-state index contributed by atoms with van der Waals surface area (Å²) in [5.41, 5.74) is 0. The van der Waals surface area contributed by atoms with E-state index >= 15 is 0 Å². The average Bonchev–Trinajstić information content (AvgIpc) is 2.52.